The molecule has 2 amide bonds. The summed E-state index contributed by atoms with van der Waals surface area (Å²) in [7, 11) is -4.05. The van der Waals surface area contributed by atoms with Crippen molar-refractivity contribution in [3.05, 3.63) is 54.1 Å². The molecule has 0 unspecified atom stereocenters. The van der Waals surface area contributed by atoms with Crippen LogP contribution >= 0.6 is 11.3 Å². The van der Waals surface area contributed by atoms with Gasteiger partial charge in [-0.1, -0.05) is 35.6 Å². The Morgan fingerprint density at radius 1 is 1.15 bits per heavy atom. The van der Waals surface area contributed by atoms with E-state index in [0.29, 0.717) is 9.44 Å². The van der Waals surface area contributed by atoms with Crippen molar-refractivity contribution in [3.63, 3.8) is 0 Å². The fourth-order valence-corrected chi connectivity index (χ4v) is 5.42. The summed E-state index contributed by atoms with van der Waals surface area (Å²) >= 11 is 1.28. The van der Waals surface area contributed by atoms with Crippen LogP contribution in [0.4, 0.5) is 5.13 Å². The largest absolute Gasteiger partial charge is 0.300 e. The molecule has 4 rings (SSSR count). The fourth-order valence-electron chi connectivity index (χ4n) is 2.83. The lowest BCUT2D eigenvalue weighted by Gasteiger charge is -2.21. The van der Waals surface area contributed by atoms with Crippen LogP contribution in [0.3, 0.4) is 0 Å². The van der Waals surface area contributed by atoms with Gasteiger partial charge < -0.3 is 5.32 Å². The van der Waals surface area contributed by atoms with E-state index in [9.17, 15) is 18.0 Å². The average Bonchev–Trinajstić information content (AvgIpc) is 3.11. The first-order valence-electron chi connectivity index (χ1n) is 7.74. The molecule has 3 aromatic rings. The number of carbonyl (C=O) groups is 2. The van der Waals surface area contributed by atoms with Gasteiger partial charge in [-0.05, 0) is 31.2 Å². The third-order valence-corrected chi connectivity index (χ3v) is 6.97. The summed E-state index contributed by atoms with van der Waals surface area (Å²) in [4.78, 5) is 29.3. The summed E-state index contributed by atoms with van der Waals surface area (Å²) in [6.07, 6.45) is 0. The first-order valence-corrected chi connectivity index (χ1v) is 9.99. The zero-order valence-corrected chi connectivity index (χ0v) is 15.2. The van der Waals surface area contributed by atoms with E-state index in [0.717, 1.165) is 10.2 Å². The quantitative estimate of drug-likeness (QED) is 0.745. The molecule has 0 radical (unpaired) electrons. The van der Waals surface area contributed by atoms with Crippen molar-refractivity contribution in [2.75, 3.05) is 5.32 Å². The van der Waals surface area contributed by atoms with Crippen LogP contribution in [0.2, 0.25) is 0 Å². The Labute approximate surface area is 153 Å². The molecule has 9 heteroatoms. The number of fused-ring (bicyclic) bond motifs is 2. The minimum absolute atomic E-state index is 0.0761. The maximum atomic E-state index is 12.6. The van der Waals surface area contributed by atoms with Crippen LogP contribution in [-0.4, -0.2) is 35.6 Å². The third kappa shape index (κ3) is 2.47. The van der Waals surface area contributed by atoms with Crippen molar-refractivity contribution in [1.29, 1.82) is 0 Å². The Morgan fingerprint density at radius 3 is 2.58 bits per heavy atom. The lowest BCUT2D eigenvalue weighted by molar-refractivity contribution is -0.118. The van der Waals surface area contributed by atoms with Gasteiger partial charge in [0.1, 0.15) is 10.9 Å². The number of sulfonamides is 1. The number of anilines is 1. The number of amides is 2. The van der Waals surface area contributed by atoms with Crippen LogP contribution in [0, 0.1) is 0 Å². The number of aromatic nitrogens is 1. The molecule has 2 aromatic carbocycles. The lowest BCUT2D eigenvalue weighted by atomic mass is 10.2. The summed E-state index contributed by atoms with van der Waals surface area (Å²) in [5, 5.41) is 2.95. The number of nitrogens with one attached hydrogen (secondary N) is 1. The molecule has 2 heterocycles. The first kappa shape index (κ1) is 16.7. The smallest absolute Gasteiger partial charge is 0.269 e. The minimum atomic E-state index is -4.05. The minimum Gasteiger partial charge on any atom is -0.300 e. The highest BCUT2D eigenvalue weighted by Gasteiger charge is 2.45. The van der Waals surface area contributed by atoms with Gasteiger partial charge in [-0.15, -0.1) is 0 Å². The highest BCUT2D eigenvalue weighted by Crippen LogP contribution is 2.32. The molecular weight excluding hydrogens is 374 g/mol. The van der Waals surface area contributed by atoms with Crippen molar-refractivity contribution in [2.24, 2.45) is 0 Å². The van der Waals surface area contributed by atoms with Crippen LogP contribution in [0.5, 0.6) is 0 Å². The number of rotatable bonds is 3. The maximum absolute atomic E-state index is 12.6. The number of para-hydroxylation sites is 1. The van der Waals surface area contributed by atoms with Gasteiger partial charge in [0.2, 0.25) is 5.91 Å². The summed E-state index contributed by atoms with van der Waals surface area (Å²) in [5.41, 5.74) is 0.810. The van der Waals surface area contributed by atoms with Crippen molar-refractivity contribution in [3.8, 4) is 0 Å². The highest BCUT2D eigenvalue weighted by molar-refractivity contribution is 7.90. The fraction of sp³-hybridized carbons (Fsp3) is 0.118. The number of thiazole rings is 1. The summed E-state index contributed by atoms with van der Waals surface area (Å²) < 4.78 is 26.8. The molecule has 0 saturated heterocycles. The summed E-state index contributed by atoms with van der Waals surface area (Å²) in [6, 6.07) is 12.1. The Morgan fingerprint density at radius 2 is 1.85 bits per heavy atom. The molecule has 1 aromatic heterocycles. The third-order valence-electron chi connectivity index (χ3n) is 4.11. The predicted molar refractivity (Wildman–Crippen MR) is 97.5 cm³/mol. The molecule has 7 nitrogen and oxygen atoms in total. The molecule has 132 valence electrons. The van der Waals surface area contributed by atoms with E-state index < -0.39 is 27.9 Å². The molecule has 0 spiro atoms. The van der Waals surface area contributed by atoms with E-state index in [1.165, 1.54) is 30.4 Å². The second kappa shape index (κ2) is 5.89. The average molecular weight is 387 g/mol. The zero-order chi connectivity index (χ0) is 18.5. The van der Waals surface area contributed by atoms with Gasteiger partial charge in [0.15, 0.2) is 5.13 Å². The van der Waals surface area contributed by atoms with Crippen molar-refractivity contribution < 1.29 is 18.0 Å². The first-order chi connectivity index (χ1) is 12.4. The standard InChI is InChI=1S/C17H13N3O4S2/c1-10(15(21)19-17-18-12-7-3-4-8-13(12)25-17)20-16(22)11-6-2-5-9-14(11)26(20,23)24/h2-10H,1H3,(H,18,19,21)/t10-/m0/s1. The number of carbonyl (C=O) groups excluding carboxylic acids is 2. The van der Waals surface area contributed by atoms with E-state index in [-0.39, 0.29) is 10.5 Å². The Balaban J connectivity index is 1.62. The number of hydrogen-bond acceptors (Lipinski definition) is 6. The molecule has 1 atom stereocenters. The van der Waals surface area contributed by atoms with Gasteiger partial charge in [0.25, 0.3) is 15.9 Å². The topological polar surface area (TPSA) is 96.4 Å². The SMILES string of the molecule is C[C@@H](C(=O)Nc1nc2ccccc2s1)N1C(=O)c2ccccc2S1(=O)=O. The second-order valence-corrected chi connectivity index (χ2v) is 8.57. The maximum Gasteiger partial charge on any atom is 0.269 e. The molecule has 1 N–H and O–H groups in total. The van der Waals surface area contributed by atoms with Gasteiger partial charge in [-0.3, -0.25) is 9.59 Å². The van der Waals surface area contributed by atoms with E-state index in [4.69, 9.17) is 0 Å². The Hall–Kier alpha value is -2.78. The predicted octanol–water partition coefficient (Wildman–Crippen LogP) is 2.47. The van der Waals surface area contributed by atoms with Crippen LogP contribution < -0.4 is 5.32 Å². The van der Waals surface area contributed by atoms with Crippen molar-refractivity contribution in [2.45, 2.75) is 17.9 Å². The van der Waals surface area contributed by atoms with Gasteiger partial charge in [0.05, 0.1) is 15.8 Å². The van der Waals surface area contributed by atoms with Gasteiger partial charge >= 0.3 is 0 Å². The lowest BCUT2D eigenvalue weighted by Crippen LogP contribution is -2.45. The van der Waals surface area contributed by atoms with Crippen LogP contribution in [-0.2, 0) is 14.8 Å². The molecule has 1 aliphatic heterocycles. The summed E-state index contributed by atoms with van der Waals surface area (Å²) in [5.74, 6) is -1.32. The molecule has 1 aliphatic rings. The van der Waals surface area contributed by atoms with E-state index in [1.54, 1.807) is 12.1 Å². The molecule has 26 heavy (non-hydrogen) atoms. The van der Waals surface area contributed by atoms with E-state index in [2.05, 4.69) is 10.3 Å². The Bertz CT molecular complexity index is 1120. The summed E-state index contributed by atoms with van der Waals surface area (Å²) in [6.45, 7) is 1.38. The van der Waals surface area contributed by atoms with Gasteiger partial charge in [-0.2, -0.15) is 0 Å². The normalized spacial score (nSPS) is 16.5. The van der Waals surface area contributed by atoms with E-state index >= 15 is 0 Å². The molecule has 0 saturated carbocycles. The molecule has 0 aliphatic carbocycles. The van der Waals surface area contributed by atoms with Crippen LogP contribution in [0.1, 0.15) is 17.3 Å². The highest BCUT2D eigenvalue weighted by atomic mass is 32.2. The van der Waals surface area contributed by atoms with Crippen molar-refractivity contribution >= 4 is 48.5 Å². The van der Waals surface area contributed by atoms with Crippen molar-refractivity contribution in [1.82, 2.24) is 9.29 Å². The monoisotopic (exact) mass is 387 g/mol. The van der Waals surface area contributed by atoms with Crippen LogP contribution in [0.25, 0.3) is 10.2 Å². The number of nitrogens with zero attached hydrogens (tertiary/aromatic N) is 2. The van der Waals surface area contributed by atoms with Gasteiger partial charge in [-0.25, -0.2) is 17.7 Å². The van der Waals surface area contributed by atoms with Crippen LogP contribution in [0.15, 0.2) is 53.4 Å². The Kier molecular flexibility index (Phi) is 3.78. The second-order valence-electron chi connectivity index (χ2n) is 5.75. The zero-order valence-electron chi connectivity index (χ0n) is 13.5. The number of hydrogen-bond donors (Lipinski definition) is 1. The molecular formula is C17H13N3O4S2. The van der Waals surface area contributed by atoms with Gasteiger partial charge in [0, 0.05) is 0 Å². The molecule has 0 bridgehead atoms. The number of benzene rings is 2. The molecule has 0 fully saturated rings. The van der Waals surface area contributed by atoms with E-state index in [1.807, 2.05) is 24.3 Å².